The molecular formula is C16H15N5O. The first-order valence-electron chi connectivity index (χ1n) is 6.74. The fourth-order valence-corrected chi connectivity index (χ4v) is 1.96. The van der Waals surface area contributed by atoms with Crippen LogP contribution in [-0.4, -0.2) is 15.0 Å². The third-order valence-corrected chi connectivity index (χ3v) is 3.00. The van der Waals surface area contributed by atoms with Gasteiger partial charge in [0.25, 0.3) is 0 Å². The zero-order chi connectivity index (χ0) is 15.4. The number of nitrogens with two attached hydrogens (primary N) is 1. The van der Waals surface area contributed by atoms with Crippen molar-refractivity contribution in [1.82, 2.24) is 15.0 Å². The summed E-state index contributed by atoms with van der Waals surface area (Å²) in [4.78, 5) is 12.0. The molecule has 2 aromatic heterocycles. The lowest BCUT2D eigenvalue weighted by atomic mass is 10.2. The summed E-state index contributed by atoms with van der Waals surface area (Å²) in [5.74, 6) is 2.55. The minimum absolute atomic E-state index is 0.422. The van der Waals surface area contributed by atoms with E-state index in [-0.39, 0.29) is 0 Å². The summed E-state index contributed by atoms with van der Waals surface area (Å²) in [7, 11) is 0. The molecule has 110 valence electrons. The largest absolute Gasteiger partial charge is 0.455 e. The van der Waals surface area contributed by atoms with Gasteiger partial charge in [0.15, 0.2) is 0 Å². The van der Waals surface area contributed by atoms with E-state index in [1.54, 1.807) is 18.5 Å². The van der Waals surface area contributed by atoms with Gasteiger partial charge in [-0.1, -0.05) is 0 Å². The summed E-state index contributed by atoms with van der Waals surface area (Å²) in [6, 6.07) is 11.2. The van der Waals surface area contributed by atoms with E-state index in [9.17, 15) is 0 Å². The van der Waals surface area contributed by atoms with Crippen molar-refractivity contribution in [3.05, 3.63) is 60.7 Å². The molecule has 0 aliphatic heterocycles. The van der Waals surface area contributed by atoms with E-state index in [0.29, 0.717) is 17.4 Å². The first-order chi connectivity index (χ1) is 10.7. The summed E-state index contributed by atoms with van der Waals surface area (Å²) in [5.41, 5.74) is 7.53. The van der Waals surface area contributed by atoms with Crippen molar-refractivity contribution in [3.63, 3.8) is 0 Å². The highest BCUT2D eigenvalue weighted by molar-refractivity contribution is 5.60. The second-order valence-electron chi connectivity index (χ2n) is 4.72. The van der Waals surface area contributed by atoms with Crippen molar-refractivity contribution < 1.29 is 4.74 Å². The van der Waals surface area contributed by atoms with Crippen molar-refractivity contribution in [2.24, 2.45) is 0 Å². The van der Waals surface area contributed by atoms with Crippen LogP contribution in [0.5, 0.6) is 11.5 Å². The minimum atomic E-state index is 0.422. The van der Waals surface area contributed by atoms with Gasteiger partial charge >= 0.3 is 0 Å². The minimum Gasteiger partial charge on any atom is -0.455 e. The quantitative estimate of drug-likeness (QED) is 0.767. The molecule has 0 fully saturated rings. The monoisotopic (exact) mass is 293 g/mol. The van der Waals surface area contributed by atoms with Crippen LogP contribution in [0.1, 0.15) is 5.56 Å². The lowest BCUT2D eigenvalue weighted by Crippen LogP contribution is -1.98. The molecule has 0 atom stereocenters. The fourth-order valence-electron chi connectivity index (χ4n) is 1.96. The van der Waals surface area contributed by atoms with Crippen molar-refractivity contribution in [1.29, 1.82) is 0 Å². The Labute approximate surface area is 128 Å². The number of rotatable bonds is 4. The van der Waals surface area contributed by atoms with Gasteiger partial charge in [-0.25, -0.2) is 9.97 Å². The molecule has 3 N–H and O–H groups in total. The lowest BCUT2D eigenvalue weighted by Gasteiger charge is -2.11. The van der Waals surface area contributed by atoms with Gasteiger partial charge in [-0.2, -0.15) is 0 Å². The van der Waals surface area contributed by atoms with Crippen LogP contribution in [0.2, 0.25) is 0 Å². The SMILES string of the molecule is Cc1cc(Nc2cc(N)ncn2)ccc1Oc1cccnc1. The van der Waals surface area contributed by atoms with Crippen molar-refractivity contribution in [3.8, 4) is 11.5 Å². The van der Waals surface area contributed by atoms with E-state index >= 15 is 0 Å². The van der Waals surface area contributed by atoms with Crippen molar-refractivity contribution in [2.75, 3.05) is 11.1 Å². The molecule has 6 nitrogen and oxygen atoms in total. The Hall–Kier alpha value is -3.15. The molecule has 0 spiro atoms. The van der Waals surface area contributed by atoms with Gasteiger partial charge in [0.2, 0.25) is 0 Å². The van der Waals surface area contributed by atoms with Gasteiger partial charge in [-0.3, -0.25) is 4.98 Å². The number of hydrogen-bond acceptors (Lipinski definition) is 6. The number of nitrogens with one attached hydrogen (secondary N) is 1. The van der Waals surface area contributed by atoms with Crippen LogP contribution in [0.15, 0.2) is 55.1 Å². The molecule has 0 aliphatic rings. The Morgan fingerprint density at radius 2 is 2.05 bits per heavy atom. The van der Waals surface area contributed by atoms with Crippen LogP contribution in [0, 0.1) is 6.92 Å². The number of hydrogen-bond donors (Lipinski definition) is 2. The zero-order valence-electron chi connectivity index (χ0n) is 12.0. The molecule has 0 bridgehead atoms. The first kappa shape index (κ1) is 13.8. The average molecular weight is 293 g/mol. The number of nitrogen functional groups attached to an aromatic ring is 1. The molecule has 3 aromatic rings. The number of benzene rings is 1. The van der Waals surface area contributed by atoms with Gasteiger partial charge in [0, 0.05) is 18.0 Å². The maximum Gasteiger partial charge on any atom is 0.145 e. The molecule has 0 saturated carbocycles. The van der Waals surface area contributed by atoms with Crippen LogP contribution < -0.4 is 15.8 Å². The highest BCUT2D eigenvalue weighted by Crippen LogP contribution is 2.27. The van der Waals surface area contributed by atoms with E-state index < -0.39 is 0 Å². The summed E-state index contributed by atoms with van der Waals surface area (Å²) < 4.78 is 5.80. The van der Waals surface area contributed by atoms with Gasteiger partial charge in [0.05, 0.1) is 6.20 Å². The third-order valence-electron chi connectivity index (χ3n) is 3.00. The Morgan fingerprint density at radius 1 is 1.14 bits per heavy atom. The predicted octanol–water partition coefficient (Wildman–Crippen LogP) is 3.30. The van der Waals surface area contributed by atoms with E-state index in [4.69, 9.17) is 10.5 Å². The number of anilines is 3. The van der Waals surface area contributed by atoms with Crippen LogP contribution in [0.3, 0.4) is 0 Å². The average Bonchev–Trinajstić information content (AvgIpc) is 2.51. The summed E-state index contributed by atoms with van der Waals surface area (Å²) in [6.45, 7) is 1.98. The molecule has 0 unspecified atom stereocenters. The van der Waals surface area contributed by atoms with Gasteiger partial charge < -0.3 is 15.8 Å². The number of pyridine rings is 1. The van der Waals surface area contributed by atoms with E-state index in [2.05, 4.69) is 20.3 Å². The van der Waals surface area contributed by atoms with Crippen molar-refractivity contribution in [2.45, 2.75) is 6.92 Å². The smallest absolute Gasteiger partial charge is 0.145 e. The topological polar surface area (TPSA) is 86.0 Å². The molecular weight excluding hydrogens is 278 g/mol. The number of nitrogens with zero attached hydrogens (tertiary/aromatic N) is 3. The maximum absolute atomic E-state index is 5.80. The predicted molar refractivity (Wildman–Crippen MR) is 85.2 cm³/mol. The van der Waals surface area contributed by atoms with Crippen molar-refractivity contribution >= 4 is 17.3 Å². The second kappa shape index (κ2) is 6.09. The Bertz CT molecular complexity index is 776. The Morgan fingerprint density at radius 3 is 2.77 bits per heavy atom. The zero-order valence-corrected chi connectivity index (χ0v) is 12.0. The molecule has 6 heteroatoms. The standard InChI is InChI=1S/C16H15N5O/c1-11-7-12(21-16-8-15(17)19-10-20-16)4-5-14(11)22-13-3-2-6-18-9-13/h2-10H,1H3,(H3,17,19,20,21). The van der Waals surface area contributed by atoms with E-state index in [1.165, 1.54) is 6.33 Å². The number of aryl methyl sites for hydroxylation is 1. The van der Waals surface area contributed by atoms with Gasteiger partial charge in [0.1, 0.15) is 29.5 Å². The Kier molecular flexibility index (Phi) is 3.82. The summed E-state index contributed by atoms with van der Waals surface area (Å²) in [5, 5.41) is 3.18. The van der Waals surface area contributed by atoms with E-state index in [0.717, 1.165) is 17.0 Å². The normalized spacial score (nSPS) is 10.2. The van der Waals surface area contributed by atoms with Gasteiger partial charge in [-0.05, 0) is 42.8 Å². The molecule has 2 heterocycles. The van der Waals surface area contributed by atoms with Gasteiger partial charge in [-0.15, -0.1) is 0 Å². The first-order valence-corrected chi connectivity index (χ1v) is 6.74. The van der Waals surface area contributed by atoms with Crippen LogP contribution in [0.4, 0.5) is 17.3 Å². The van der Waals surface area contributed by atoms with Crippen LogP contribution >= 0.6 is 0 Å². The van der Waals surface area contributed by atoms with Crippen LogP contribution in [0.25, 0.3) is 0 Å². The molecule has 3 rings (SSSR count). The fraction of sp³-hybridized carbons (Fsp3) is 0.0625. The molecule has 0 saturated heterocycles. The third kappa shape index (κ3) is 3.29. The molecule has 0 radical (unpaired) electrons. The summed E-state index contributed by atoms with van der Waals surface area (Å²) in [6.07, 6.45) is 4.81. The second-order valence-corrected chi connectivity index (χ2v) is 4.72. The highest BCUT2D eigenvalue weighted by Gasteiger charge is 2.04. The molecule has 1 aromatic carbocycles. The molecule has 0 aliphatic carbocycles. The Balaban J connectivity index is 1.77. The van der Waals surface area contributed by atoms with E-state index in [1.807, 2.05) is 37.3 Å². The molecule has 0 amide bonds. The van der Waals surface area contributed by atoms with Crippen LogP contribution in [-0.2, 0) is 0 Å². The molecule has 22 heavy (non-hydrogen) atoms. The maximum atomic E-state index is 5.80. The number of ether oxygens (including phenoxy) is 1. The number of aromatic nitrogens is 3. The highest BCUT2D eigenvalue weighted by atomic mass is 16.5. The lowest BCUT2D eigenvalue weighted by molar-refractivity contribution is 0.476. The summed E-state index contributed by atoms with van der Waals surface area (Å²) >= 11 is 0.